The SMILES string of the molecule is COC(=O)[C@H](Cc1ccc(C#N)cc1)NC(=O)Cc1ccc(F)cc1. The van der Waals surface area contributed by atoms with Crippen molar-refractivity contribution in [1.29, 1.82) is 5.26 Å². The van der Waals surface area contributed by atoms with E-state index in [1.807, 2.05) is 6.07 Å². The number of hydrogen-bond acceptors (Lipinski definition) is 4. The summed E-state index contributed by atoms with van der Waals surface area (Å²) in [7, 11) is 1.25. The van der Waals surface area contributed by atoms with Crippen LogP contribution in [0.3, 0.4) is 0 Å². The van der Waals surface area contributed by atoms with Gasteiger partial charge in [-0.1, -0.05) is 24.3 Å². The van der Waals surface area contributed by atoms with Crippen molar-refractivity contribution in [2.24, 2.45) is 0 Å². The molecule has 0 aliphatic heterocycles. The number of benzene rings is 2. The summed E-state index contributed by atoms with van der Waals surface area (Å²) < 4.78 is 17.6. The van der Waals surface area contributed by atoms with Gasteiger partial charge in [0, 0.05) is 6.42 Å². The summed E-state index contributed by atoms with van der Waals surface area (Å²) in [6.07, 6.45) is 0.273. The molecule has 0 unspecified atom stereocenters. The maximum absolute atomic E-state index is 12.9. The van der Waals surface area contributed by atoms with Gasteiger partial charge in [-0.3, -0.25) is 4.79 Å². The molecule has 2 aromatic carbocycles. The van der Waals surface area contributed by atoms with Gasteiger partial charge in [-0.05, 0) is 35.4 Å². The van der Waals surface area contributed by atoms with Crippen molar-refractivity contribution >= 4 is 11.9 Å². The number of carbonyl (C=O) groups is 2. The maximum Gasteiger partial charge on any atom is 0.328 e. The predicted molar refractivity (Wildman–Crippen MR) is 88.9 cm³/mol. The normalized spacial score (nSPS) is 11.2. The minimum Gasteiger partial charge on any atom is -0.467 e. The monoisotopic (exact) mass is 340 g/mol. The standard InChI is InChI=1S/C19H17FN2O3/c1-25-19(24)17(10-13-2-4-15(12-21)5-3-13)22-18(23)11-14-6-8-16(20)9-7-14/h2-9,17H,10-11H2,1H3,(H,22,23)/t17-/m0/s1. The molecule has 0 saturated carbocycles. The van der Waals surface area contributed by atoms with Gasteiger partial charge in [-0.25, -0.2) is 9.18 Å². The summed E-state index contributed by atoms with van der Waals surface area (Å²) >= 11 is 0. The van der Waals surface area contributed by atoms with Gasteiger partial charge < -0.3 is 10.1 Å². The number of nitriles is 1. The number of halogens is 1. The molecule has 5 nitrogen and oxygen atoms in total. The number of rotatable bonds is 6. The molecular weight excluding hydrogens is 323 g/mol. The maximum atomic E-state index is 12.9. The minimum atomic E-state index is -0.842. The van der Waals surface area contributed by atoms with Crippen LogP contribution in [0.2, 0.25) is 0 Å². The lowest BCUT2D eigenvalue weighted by Gasteiger charge is -2.17. The van der Waals surface area contributed by atoms with Gasteiger partial charge >= 0.3 is 5.97 Å². The van der Waals surface area contributed by atoms with E-state index in [1.54, 1.807) is 24.3 Å². The van der Waals surface area contributed by atoms with Crippen LogP contribution in [0.5, 0.6) is 0 Å². The summed E-state index contributed by atoms with van der Waals surface area (Å²) in [5, 5.41) is 11.4. The zero-order valence-corrected chi connectivity index (χ0v) is 13.7. The molecule has 1 amide bonds. The van der Waals surface area contributed by atoms with Crippen LogP contribution in [0.4, 0.5) is 4.39 Å². The highest BCUT2D eigenvalue weighted by Crippen LogP contribution is 2.08. The fraction of sp³-hybridized carbons (Fsp3) is 0.211. The third-order valence-corrected chi connectivity index (χ3v) is 3.62. The topological polar surface area (TPSA) is 79.2 Å². The molecule has 1 N–H and O–H groups in total. The van der Waals surface area contributed by atoms with E-state index in [4.69, 9.17) is 10.00 Å². The van der Waals surface area contributed by atoms with Crippen molar-refractivity contribution in [3.63, 3.8) is 0 Å². The van der Waals surface area contributed by atoms with Crippen LogP contribution in [0.25, 0.3) is 0 Å². The van der Waals surface area contributed by atoms with E-state index in [0.29, 0.717) is 11.1 Å². The zero-order chi connectivity index (χ0) is 18.2. The van der Waals surface area contributed by atoms with E-state index in [2.05, 4.69) is 5.32 Å². The first-order valence-electron chi connectivity index (χ1n) is 7.62. The molecule has 0 fully saturated rings. The van der Waals surface area contributed by atoms with E-state index in [0.717, 1.165) is 5.56 Å². The predicted octanol–water partition coefficient (Wildman–Crippen LogP) is 2.14. The molecule has 0 aromatic heterocycles. The summed E-state index contributed by atoms with van der Waals surface area (Å²) in [5.41, 5.74) is 1.94. The van der Waals surface area contributed by atoms with Crippen LogP contribution in [0, 0.1) is 17.1 Å². The first-order valence-corrected chi connectivity index (χ1v) is 7.62. The number of esters is 1. The van der Waals surface area contributed by atoms with Crippen molar-refractivity contribution in [2.75, 3.05) is 7.11 Å². The fourth-order valence-electron chi connectivity index (χ4n) is 2.32. The Morgan fingerprint density at radius 3 is 2.28 bits per heavy atom. The highest BCUT2D eigenvalue weighted by molar-refractivity contribution is 5.85. The van der Waals surface area contributed by atoms with Gasteiger partial charge in [0.1, 0.15) is 11.9 Å². The Labute approximate surface area is 145 Å². The van der Waals surface area contributed by atoms with Crippen LogP contribution in [-0.4, -0.2) is 25.0 Å². The lowest BCUT2D eigenvalue weighted by Crippen LogP contribution is -2.43. The smallest absolute Gasteiger partial charge is 0.328 e. The number of methoxy groups -OCH3 is 1. The highest BCUT2D eigenvalue weighted by atomic mass is 19.1. The largest absolute Gasteiger partial charge is 0.467 e. The first kappa shape index (κ1) is 18.1. The second-order valence-electron chi connectivity index (χ2n) is 5.46. The van der Waals surface area contributed by atoms with Crippen molar-refractivity contribution < 1.29 is 18.7 Å². The molecule has 0 spiro atoms. The van der Waals surface area contributed by atoms with Gasteiger partial charge in [-0.2, -0.15) is 5.26 Å². The minimum absolute atomic E-state index is 0.0289. The van der Waals surface area contributed by atoms with E-state index < -0.39 is 12.0 Å². The highest BCUT2D eigenvalue weighted by Gasteiger charge is 2.22. The lowest BCUT2D eigenvalue weighted by atomic mass is 10.0. The van der Waals surface area contributed by atoms with Crippen molar-refractivity contribution in [3.05, 3.63) is 71.0 Å². The number of nitrogens with one attached hydrogen (secondary N) is 1. The fourth-order valence-corrected chi connectivity index (χ4v) is 2.32. The van der Waals surface area contributed by atoms with E-state index in [9.17, 15) is 14.0 Å². The van der Waals surface area contributed by atoms with Gasteiger partial charge in [0.25, 0.3) is 0 Å². The molecule has 0 heterocycles. The summed E-state index contributed by atoms with van der Waals surface area (Å²) in [6, 6.07) is 13.5. The van der Waals surface area contributed by atoms with E-state index in [-0.39, 0.29) is 24.6 Å². The number of carbonyl (C=O) groups excluding carboxylic acids is 2. The average molecular weight is 340 g/mol. The van der Waals surface area contributed by atoms with Crippen LogP contribution in [0.15, 0.2) is 48.5 Å². The Morgan fingerprint density at radius 2 is 1.72 bits per heavy atom. The summed E-state index contributed by atoms with van der Waals surface area (Å²) in [5.74, 6) is -1.30. The molecular formula is C19H17FN2O3. The molecule has 128 valence electrons. The van der Waals surface area contributed by atoms with Crippen LogP contribution in [0.1, 0.15) is 16.7 Å². The Balaban J connectivity index is 2.03. The van der Waals surface area contributed by atoms with Crippen molar-refractivity contribution in [2.45, 2.75) is 18.9 Å². The average Bonchev–Trinajstić information content (AvgIpc) is 2.63. The van der Waals surface area contributed by atoms with Crippen LogP contribution < -0.4 is 5.32 Å². The van der Waals surface area contributed by atoms with Crippen LogP contribution >= 0.6 is 0 Å². The number of nitrogens with zero attached hydrogens (tertiary/aromatic N) is 1. The number of hydrogen-bond donors (Lipinski definition) is 1. The first-order chi connectivity index (χ1) is 12.0. The number of ether oxygens (including phenoxy) is 1. The Hall–Kier alpha value is -3.20. The molecule has 0 aliphatic carbocycles. The van der Waals surface area contributed by atoms with Gasteiger partial charge in [0.2, 0.25) is 5.91 Å². The molecule has 0 aliphatic rings. The van der Waals surface area contributed by atoms with Crippen molar-refractivity contribution in [3.8, 4) is 6.07 Å². The quantitative estimate of drug-likeness (QED) is 0.817. The number of amides is 1. The van der Waals surface area contributed by atoms with Gasteiger partial charge in [0.05, 0.1) is 25.2 Å². The molecule has 0 saturated heterocycles. The van der Waals surface area contributed by atoms with Gasteiger partial charge in [-0.15, -0.1) is 0 Å². The van der Waals surface area contributed by atoms with Crippen LogP contribution in [-0.2, 0) is 27.2 Å². The Morgan fingerprint density at radius 1 is 1.12 bits per heavy atom. The molecule has 0 bridgehead atoms. The summed E-state index contributed by atoms with van der Waals surface area (Å²) in [4.78, 5) is 24.1. The van der Waals surface area contributed by atoms with Crippen molar-refractivity contribution in [1.82, 2.24) is 5.32 Å². The second-order valence-corrected chi connectivity index (χ2v) is 5.46. The van der Waals surface area contributed by atoms with E-state index in [1.165, 1.54) is 31.4 Å². The molecule has 0 radical (unpaired) electrons. The van der Waals surface area contributed by atoms with Gasteiger partial charge in [0.15, 0.2) is 0 Å². The third kappa shape index (κ3) is 5.43. The van der Waals surface area contributed by atoms with E-state index >= 15 is 0 Å². The molecule has 2 aromatic rings. The summed E-state index contributed by atoms with van der Waals surface area (Å²) in [6.45, 7) is 0. The Kier molecular flexibility index (Phi) is 6.24. The zero-order valence-electron chi connectivity index (χ0n) is 13.7. The second kappa shape index (κ2) is 8.60. The lowest BCUT2D eigenvalue weighted by molar-refractivity contribution is -0.145. The molecule has 2 rings (SSSR count). The molecule has 25 heavy (non-hydrogen) atoms. The third-order valence-electron chi connectivity index (χ3n) is 3.62. The molecule has 6 heteroatoms. The Bertz CT molecular complexity index is 780. The molecule has 1 atom stereocenters.